The summed E-state index contributed by atoms with van der Waals surface area (Å²) in [6.07, 6.45) is 1.88. The Morgan fingerprint density at radius 3 is 2.52 bits per heavy atom. The highest BCUT2D eigenvalue weighted by molar-refractivity contribution is 7.91. The van der Waals surface area contributed by atoms with E-state index < -0.39 is 21.1 Å². The summed E-state index contributed by atoms with van der Waals surface area (Å²) in [4.78, 5) is 26.1. The van der Waals surface area contributed by atoms with Crippen molar-refractivity contribution >= 4 is 43.2 Å². The molecule has 0 aliphatic heterocycles. The highest BCUT2D eigenvalue weighted by Crippen LogP contribution is 2.31. The van der Waals surface area contributed by atoms with Crippen LogP contribution in [0.1, 0.15) is 19.9 Å². The van der Waals surface area contributed by atoms with E-state index in [-0.39, 0.29) is 36.5 Å². The SMILES string of the molecule is CC(C)n1ccc2ccc(S(=O)(=O)c3ccc(Cl)c4c(=O)n(O)c(=O)[nH]c34)cc21. The summed E-state index contributed by atoms with van der Waals surface area (Å²) in [7, 11) is -4.11. The monoisotopic (exact) mass is 433 g/mol. The minimum Gasteiger partial charge on any atom is -0.421 e. The second-order valence-electron chi connectivity index (χ2n) is 6.88. The van der Waals surface area contributed by atoms with Crippen molar-refractivity contribution in [2.24, 2.45) is 0 Å². The number of aromatic amines is 1. The van der Waals surface area contributed by atoms with Crippen molar-refractivity contribution in [2.75, 3.05) is 0 Å². The molecule has 0 aliphatic carbocycles. The number of benzene rings is 2. The zero-order valence-corrected chi connectivity index (χ0v) is 17.0. The number of nitrogens with one attached hydrogen (secondary N) is 1. The van der Waals surface area contributed by atoms with Gasteiger partial charge in [-0.25, -0.2) is 13.2 Å². The van der Waals surface area contributed by atoms with Crippen molar-refractivity contribution < 1.29 is 13.6 Å². The Kier molecular flexibility index (Phi) is 4.32. The Bertz CT molecular complexity index is 1510. The van der Waals surface area contributed by atoms with E-state index in [4.69, 9.17) is 11.6 Å². The predicted octanol–water partition coefficient (Wildman–Crippen LogP) is 2.95. The average molecular weight is 434 g/mol. The zero-order chi connectivity index (χ0) is 21.1. The third kappa shape index (κ3) is 2.85. The van der Waals surface area contributed by atoms with Gasteiger partial charge in [0, 0.05) is 17.8 Å². The van der Waals surface area contributed by atoms with Crippen LogP contribution < -0.4 is 11.2 Å². The van der Waals surface area contributed by atoms with Gasteiger partial charge in [-0.1, -0.05) is 22.4 Å². The third-order valence-corrected chi connectivity index (χ3v) is 6.91. The lowest BCUT2D eigenvalue weighted by atomic mass is 10.2. The number of hydrogen-bond donors (Lipinski definition) is 2. The molecule has 8 nitrogen and oxygen atoms in total. The van der Waals surface area contributed by atoms with Gasteiger partial charge in [0.25, 0.3) is 5.56 Å². The van der Waals surface area contributed by atoms with E-state index >= 15 is 0 Å². The van der Waals surface area contributed by atoms with E-state index in [1.54, 1.807) is 12.1 Å². The maximum Gasteiger partial charge on any atom is 0.362 e. The first-order valence-electron chi connectivity index (χ1n) is 8.65. The molecule has 150 valence electrons. The normalized spacial score (nSPS) is 12.3. The lowest BCUT2D eigenvalue weighted by Gasteiger charge is -2.12. The van der Waals surface area contributed by atoms with E-state index in [1.165, 1.54) is 18.2 Å². The van der Waals surface area contributed by atoms with Gasteiger partial charge >= 0.3 is 5.69 Å². The summed E-state index contributed by atoms with van der Waals surface area (Å²) >= 11 is 6.03. The van der Waals surface area contributed by atoms with Gasteiger partial charge in [-0.15, -0.1) is 0 Å². The Morgan fingerprint density at radius 2 is 1.83 bits per heavy atom. The zero-order valence-electron chi connectivity index (χ0n) is 15.4. The van der Waals surface area contributed by atoms with Crippen LogP contribution in [0.4, 0.5) is 0 Å². The Labute approximate surface area is 169 Å². The molecule has 0 saturated carbocycles. The molecule has 4 rings (SSSR count). The minimum absolute atomic E-state index is 0.00301. The molecule has 10 heteroatoms. The number of aromatic nitrogens is 3. The molecule has 0 saturated heterocycles. The average Bonchev–Trinajstić information content (AvgIpc) is 3.09. The van der Waals surface area contributed by atoms with Crippen LogP contribution in [0.2, 0.25) is 5.02 Å². The van der Waals surface area contributed by atoms with Crippen LogP contribution in [0.5, 0.6) is 0 Å². The molecule has 0 unspecified atom stereocenters. The quantitative estimate of drug-likeness (QED) is 0.482. The fourth-order valence-electron chi connectivity index (χ4n) is 3.35. The predicted molar refractivity (Wildman–Crippen MR) is 109 cm³/mol. The van der Waals surface area contributed by atoms with Gasteiger partial charge < -0.3 is 14.8 Å². The highest BCUT2D eigenvalue weighted by atomic mass is 35.5. The Morgan fingerprint density at radius 1 is 1.10 bits per heavy atom. The molecule has 2 N–H and O–H groups in total. The van der Waals surface area contributed by atoms with Gasteiger partial charge in [0.05, 0.1) is 25.7 Å². The fraction of sp³-hybridized carbons (Fsp3) is 0.158. The molecule has 0 spiro atoms. The first kappa shape index (κ1) is 19.3. The van der Waals surface area contributed by atoms with E-state index in [0.29, 0.717) is 0 Å². The number of fused-ring (bicyclic) bond motifs is 2. The molecule has 2 aromatic heterocycles. The maximum atomic E-state index is 13.4. The topological polar surface area (TPSA) is 114 Å². The Balaban J connectivity index is 2.05. The fourth-order valence-corrected chi connectivity index (χ4v) is 5.02. The summed E-state index contributed by atoms with van der Waals surface area (Å²) in [6, 6.07) is 9.20. The second-order valence-corrected chi connectivity index (χ2v) is 9.21. The number of hydrogen-bond acceptors (Lipinski definition) is 5. The third-order valence-electron chi connectivity index (χ3n) is 4.80. The molecule has 2 heterocycles. The lowest BCUT2D eigenvalue weighted by Crippen LogP contribution is -2.33. The molecular weight excluding hydrogens is 418 g/mol. The van der Waals surface area contributed by atoms with Gasteiger partial charge in [0.2, 0.25) is 9.84 Å². The van der Waals surface area contributed by atoms with Crippen LogP contribution in [0.25, 0.3) is 21.8 Å². The van der Waals surface area contributed by atoms with Crippen molar-refractivity contribution in [3.05, 3.63) is 68.5 Å². The van der Waals surface area contributed by atoms with Crippen LogP contribution in [0.3, 0.4) is 0 Å². The van der Waals surface area contributed by atoms with Crippen molar-refractivity contribution in [3.8, 4) is 0 Å². The van der Waals surface area contributed by atoms with E-state index in [1.807, 2.05) is 30.7 Å². The van der Waals surface area contributed by atoms with Crippen LogP contribution in [0, 0.1) is 0 Å². The summed E-state index contributed by atoms with van der Waals surface area (Å²) in [5.41, 5.74) is -1.78. The van der Waals surface area contributed by atoms with Crippen molar-refractivity contribution in [1.29, 1.82) is 0 Å². The van der Waals surface area contributed by atoms with Gasteiger partial charge in [0.1, 0.15) is 0 Å². The molecule has 0 aliphatic rings. The van der Waals surface area contributed by atoms with Crippen molar-refractivity contribution in [1.82, 2.24) is 14.3 Å². The first-order chi connectivity index (χ1) is 13.6. The van der Waals surface area contributed by atoms with Crippen LogP contribution in [-0.4, -0.2) is 27.9 Å². The van der Waals surface area contributed by atoms with Crippen LogP contribution in [0.15, 0.2) is 62.0 Å². The van der Waals surface area contributed by atoms with Crippen molar-refractivity contribution in [3.63, 3.8) is 0 Å². The standard InChI is InChI=1S/C19H16ClN3O5S/c1-10(2)22-8-7-11-3-4-12(9-14(11)22)29(27,28)15-6-5-13(20)16-17(15)21-19(25)23(26)18(16)24/h3-10,26H,1-2H3,(H,21,25). The van der Waals surface area contributed by atoms with Gasteiger partial charge in [0.15, 0.2) is 0 Å². The lowest BCUT2D eigenvalue weighted by molar-refractivity contribution is 0.162. The van der Waals surface area contributed by atoms with E-state index in [0.717, 1.165) is 10.9 Å². The van der Waals surface area contributed by atoms with Crippen molar-refractivity contribution in [2.45, 2.75) is 29.7 Å². The van der Waals surface area contributed by atoms with Gasteiger partial charge in [-0.2, -0.15) is 0 Å². The minimum atomic E-state index is -4.11. The van der Waals surface area contributed by atoms with Crippen LogP contribution in [-0.2, 0) is 9.84 Å². The summed E-state index contributed by atoms with van der Waals surface area (Å²) < 4.78 is 28.5. The molecule has 29 heavy (non-hydrogen) atoms. The van der Waals surface area contributed by atoms with E-state index in [9.17, 15) is 23.2 Å². The van der Waals surface area contributed by atoms with Gasteiger partial charge in [-0.3, -0.25) is 4.79 Å². The summed E-state index contributed by atoms with van der Waals surface area (Å²) in [5.74, 6) is 0. The maximum absolute atomic E-state index is 13.4. The first-order valence-corrected chi connectivity index (χ1v) is 10.5. The smallest absolute Gasteiger partial charge is 0.362 e. The number of nitrogens with zero attached hydrogens (tertiary/aromatic N) is 2. The molecule has 0 bridgehead atoms. The molecule has 0 fully saturated rings. The van der Waals surface area contributed by atoms with Gasteiger partial charge in [-0.05, 0) is 49.6 Å². The molecule has 0 atom stereocenters. The molecule has 0 radical (unpaired) electrons. The largest absolute Gasteiger partial charge is 0.421 e. The number of halogens is 1. The molecular formula is C19H16ClN3O5S. The molecule has 2 aromatic carbocycles. The second kappa shape index (κ2) is 6.50. The summed E-state index contributed by atoms with van der Waals surface area (Å²) in [5, 5.41) is 10.1. The number of rotatable bonds is 3. The number of sulfone groups is 1. The van der Waals surface area contributed by atoms with Crippen LogP contribution >= 0.6 is 11.6 Å². The van der Waals surface area contributed by atoms with E-state index in [2.05, 4.69) is 4.98 Å². The number of H-pyrrole nitrogens is 1. The summed E-state index contributed by atoms with van der Waals surface area (Å²) in [6.45, 7) is 3.97. The highest BCUT2D eigenvalue weighted by Gasteiger charge is 2.25. The molecule has 0 amide bonds. The Hall–Kier alpha value is -3.04. The molecule has 4 aromatic rings.